The van der Waals surface area contributed by atoms with Gasteiger partial charge in [-0.05, 0) is 32.3 Å². The van der Waals surface area contributed by atoms with Crippen LogP contribution in [0.5, 0.6) is 11.5 Å². The van der Waals surface area contributed by atoms with Gasteiger partial charge in [-0.3, -0.25) is 4.79 Å². The first-order chi connectivity index (χ1) is 16.1. The molecule has 188 valence electrons. The lowest BCUT2D eigenvalue weighted by atomic mass is 9.94. The van der Waals surface area contributed by atoms with Crippen LogP contribution in [0.3, 0.4) is 0 Å². The number of aliphatic carboxylic acids is 1. The van der Waals surface area contributed by atoms with Crippen molar-refractivity contribution in [1.29, 1.82) is 0 Å². The van der Waals surface area contributed by atoms with Crippen molar-refractivity contribution in [2.24, 2.45) is 0 Å². The van der Waals surface area contributed by atoms with Gasteiger partial charge in [0.25, 0.3) is 0 Å². The van der Waals surface area contributed by atoms with Crippen molar-refractivity contribution in [2.45, 2.75) is 70.4 Å². The number of esters is 1. The summed E-state index contributed by atoms with van der Waals surface area (Å²) in [6.07, 6.45) is -5.36. The molecule has 1 saturated heterocycles. The van der Waals surface area contributed by atoms with Gasteiger partial charge in [0, 0.05) is 17.5 Å². The average molecular weight is 482 g/mol. The van der Waals surface area contributed by atoms with E-state index < -0.39 is 49.3 Å². The van der Waals surface area contributed by atoms with E-state index in [1.807, 2.05) is 0 Å². The molecule has 2 aliphatic rings. The normalized spacial score (nSPS) is 26.7. The predicted octanol–water partition coefficient (Wildman–Crippen LogP) is 0.206. The highest BCUT2D eigenvalue weighted by atomic mass is 16.7. The molecule has 0 aliphatic carbocycles. The van der Waals surface area contributed by atoms with Crippen LogP contribution in [-0.2, 0) is 27.3 Å². The fourth-order valence-corrected chi connectivity index (χ4v) is 4.10. The molecule has 3 rings (SSSR count). The number of cyclic esters (lactones) is 1. The number of benzene rings is 1. The lowest BCUT2D eigenvalue weighted by molar-refractivity contribution is -0.277. The zero-order chi connectivity index (χ0) is 25.2. The van der Waals surface area contributed by atoms with Gasteiger partial charge in [0.05, 0.1) is 13.7 Å². The Morgan fingerprint density at radius 3 is 2.47 bits per heavy atom. The van der Waals surface area contributed by atoms with Crippen LogP contribution >= 0.6 is 0 Å². The van der Waals surface area contributed by atoms with Crippen LogP contribution in [0.25, 0.3) is 0 Å². The standard InChI is InChI=1S/C23H30O11/c1-10(5-7-15(25)26)4-6-12-20(31-3)11(2)13-9-32-22(30)16(13)21(12)34-23-19(29)18(28)17(27)14(8-24)33-23/h4,14,17-19,23-24,27-29H,5-9H2,1-3H3,(H,25,26)/b10-4+/t14-,17+,18-,19+,23-/m0/s1. The van der Waals surface area contributed by atoms with Gasteiger partial charge in [0.2, 0.25) is 6.29 Å². The number of carboxylic acids is 1. The number of hydrogen-bond acceptors (Lipinski definition) is 10. The van der Waals surface area contributed by atoms with Crippen LogP contribution in [0.15, 0.2) is 11.6 Å². The summed E-state index contributed by atoms with van der Waals surface area (Å²) < 4.78 is 22.2. The highest BCUT2D eigenvalue weighted by molar-refractivity contribution is 5.98. The number of carboxylic acid groups (broad SMARTS) is 1. The molecule has 5 N–H and O–H groups in total. The third-order valence-corrected chi connectivity index (χ3v) is 6.10. The molecule has 0 bridgehead atoms. The molecule has 34 heavy (non-hydrogen) atoms. The molecule has 11 nitrogen and oxygen atoms in total. The van der Waals surface area contributed by atoms with Crippen molar-refractivity contribution < 1.29 is 54.1 Å². The highest BCUT2D eigenvalue weighted by Crippen LogP contribution is 2.44. The Hall–Kier alpha value is -2.70. The molecule has 2 aliphatic heterocycles. The van der Waals surface area contributed by atoms with Gasteiger partial charge >= 0.3 is 11.9 Å². The smallest absolute Gasteiger partial charge is 0.342 e. The number of hydrogen-bond donors (Lipinski definition) is 5. The minimum absolute atomic E-state index is 0.00480. The van der Waals surface area contributed by atoms with Gasteiger partial charge in [-0.2, -0.15) is 0 Å². The minimum Gasteiger partial charge on any atom is -0.496 e. The number of aliphatic hydroxyl groups is 4. The summed E-state index contributed by atoms with van der Waals surface area (Å²) in [5.74, 6) is -1.13. The van der Waals surface area contributed by atoms with Crippen LogP contribution in [-0.4, -0.2) is 81.9 Å². The van der Waals surface area contributed by atoms with Gasteiger partial charge in [-0.1, -0.05) is 11.6 Å². The van der Waals surface area contributed by atoms with Crippen LogP contribution in [0, 0.1) is 6.92 Å². The Bertz CT molecular complexity index is 968. The number of aliphatic hydroxyl groups excluding tert-OH is 4. The Morgan fingerprint density at radius 2 is 1.85 bits per heavy atom. The fraction of sp³-hybridized carbons (Fsp3) is 0.565. The Kier molecular flexibility index (Phi) is 8.16. The van der Waals surface area contributed by atoms with E-state index in [1.54, 1.807) is 19.9 Å². The summed E-state index contributed by atoms with van der Waals surface area (Å²) in [5, 5.41) is 49.0. The average Bonchev–Trinajstić information content (AvgIpc) is 3.20. The van der Waals surface area contributed by atoms with E-state index in [9.17, 15) is 30.0 Å². The number of ether oxygens (including phenoxy) is 4. The maximum Gasteiger partial charge on any atom is 0.342 e. The van der Waals surface area contributed by atoms with Gasteiger partial charge in [-0.25, -0.2) is 4.79 Å². The SMILES string of the molecule is COc1c(C)c2c(c(O[C@@H]3O[C@@H](CO)[C@@H](O)[C@H](O)[C@H]3O)c1C/C=C(\C)CCC(=O)O)C(=O)OC2. The summed E-state index contributed by atoms with van der Waals surface area (Å²) in [6.45, 7) is 2.90. The van der Waals surface area contributed by atoms with Crippen molar-refractivity contribution >= 4 is 11.9 Å². The van der Waals surface area contributed by atoms with Crippen LogP contribution in [0.1, 0.15) is 46.8 Å². The maximum atomic E-state index is 12.6. The molecular formula is C23H30O11. The number of fused-ring (bicyclic) bond motifs is 1. The summed E-state index contributed by atoms with van der Waals surface area (Å²) in [7, 11) is 1.45. The first-order valence-corrected chi connectivity index (χ1v) is 10.8. The van der Waals surface area contributed by atoms with Crippen LogP contribution in [0.2, 0.25) is 0 Å². The maximum absolute atomic E-state index is 12.6. The molecule has 11 heteroatoms. The first-order valence-electron chi connectivity index (χ1n) is 10.8. The number of carbonyl (C=O) groups excluding carboxylic acids is 1. The number of carbonyl (C=O) groups is 2. The molecule has 0 aromatic heterocycles. The molecule has 0 unspecified atom stereocenters. The van der Waals surface area contributed by atoms with Crippen molar-refractivity contribution in [1.82, 2.24) is 0 Å². The molecule has 0 radical (unpaired) electrons. The second-order valence-corrected chi connectivity index (χ2v) is 8.36. The third-order valence-electron chi connectivity index (χ3n) is 6.10. The summed E-state index contributed by atoms with van der Waals surface area (Å²) in [4.78, 5) is 23.5. The lowest BCUT2D eigenvalue weighted by Gasteiger charge is -2.40. The molecule has 1 aromatic rings. The van der Waals surface area contributed by atoms with E-state index >= 15 is 0 Å². The number of methoxy groups -OCH3 is 1. The van der Waals surface area contributed by atoms with Crippen molar-refractivity contribution in [3.63, 3.8) is 0 Å². The molecule has 0 spiro atoms. The fourth-order valence-electron chi connectivity index (χ4n) is 4.10. The van der Waals surface area contributed by atoms with Gasteiger partial charge in [0.15, 0.2) is 0 Å². The molecule has 0 saturated carbocycles. The molecule has 5 atom stereocenters. The zero-order valence-corrected chi connectivity index (χ0v) is 19.2. The van der Waals surface area contributed by atoms with Crippen LogP contribution in [0.4, 0.5) is 0 Å². The van der Waals surface area contributed by atoms with E-state index in [-0.39, 0.29) is 30.8 Å². The Morgan fingerprint density at radius 1 is 1.15 bits per heavy atom. The molecular weight excluding hydrogens is 452 g/mol. The van der Waals surface area contributed by atoms with Crippen molar-refractivity contribution in [3.05, 3.63) is 33.9 Å². The van der Waals surface area contributed by atoms with Gasteiger partial charge < -0.3 is 44.5 Å². The second-order valence-electron chi connectivity index (χ2n) is 8.36. The molecule has 2 heterocycles. The Labute approximate surface area is 196 Å². The van der Waals surface area contributed by atoms with Gasteiger partial charge in [-0.15, -0.1) is 0 Å². The van der Waals surface area contributed by atoms with E-state index in [2.05, 4.69) is 0 Å². The lowest BCUT2D eigenvalue weighted by Crippen LogP contribution is -2.60. The van der Waals surface area contributed by atoms with E-state index in [4.69, 9.17) is 24.1 Å². The number of allylic oxidation sites excluding steroid dienone is 2. The van der Waals surface area contributed by atoms with E-state index in [0.29, 0.717) is 28.9 Å². The molecule has 1 aromatic carbocycles. The summed E-state index contributed by atoms with van der Waals surface area (Å²) in [5.41, 5.74) is 2.56. The number of rotatable bonds is 9. The van der Waals surface area contributed by atoms with Crippen LogP contribution < -0.4 is 9.47 Å². The van der Waals surface area contributed by atoms with E-state index in [1.165, 1.54) is 7.11 Å². The molecule has 0 amide bonds. The summed E-state index contributed by atoms with van der Waals surface area (Å²) >= 11 is 0. The monoisotopic (exact) mass is 482 g/mol. The van der Waals surface area contributed by atoms with Crippen molar-refractivity contribution in [3.8, 4) is 11.5 Å². The first kappa shape index (κ1) is 25.9. The van der Waals surface area contributed by atoms with Gasteiger partial charge in [0.1, 0.15) is 48.1 Å². The topological polar surface area (TPSA) is 172 Å². The quantitative estimate of drug-likeness (QED) is 0.240. The van der Waals surface area contributed by atoms with Crippen molar-refractivity contribution in [2.75, 3.05) is 13.7 Å². The minimum atomic E-state index is -1.68. The predicted molar refractivity (Wildman–Crippen MR) is 116 cm³/mol. The van der Waals surface area contributed by atoms with E-state index in [0.717, 1.165) is 5.57 Å². The Balaban J connectivity index is 2.06. The molecule has 1 fully saturated rings. The zero-order valence-electron chi connectivity index (χ0n) is 19.2. The summed E-state index contributed by atoms with van der Waals surface area (Å²) in [6, 6.07) is 0. The highest BCUT2D eigenvalue weighted by Gasteiger charge is 2.46. The third kappa shape index (κ3) is 5.03. The second kappa shape index (κ2) is 10.7. The largest absolute Gasteiger partial charge is 0.496 e.